The second-order valence-electron chi connectivity index (χ2n) is 4.24. The van der Waals surface area contributed by atoms with Gasteiger partial charge in [0.05, 0.1) is 19.8 Å². The highest BCUT2D eigenvalue weighted by atomic mass is 16.6. The quantitative estimate of drug-likeness (QED) is 0.769. The first-order valence-corrected chi connectivity index (χ1v) is 5.99. The highest BCUT2D eigenvalue weighted by Crippen LogP contribution is 2.35. The number of methoxy groups -OCH3 is 1. The molecular formula is C13H19NO3. The summed E-state index contributed by atoms with van der Waals surface area (Å²) in [6.45, 7) is 0.480. The van der Waals surface area contributed by atoms with Gasteiger partial charge in [-0.3, -0.25) is 0 Å². The van der Waals surface area contributed by atoms with Crippen molar-refractivity contribution in [1.82, 2.24) is 0 Å². The minimum atomic E-state index is 0.337. The number of rotatable bonds is 6. The van der Waals surface area contributed by atoms with Crippen LogP contribution in [0.5, 0.6) is 11.5 Å². The van der Waals surface area contributed by atoms with Crippen LogP contribution in [0, 0.1) is 0 Å². The molecule has 0 aliphatic heterocycles. The first kappa shape index (κ1) is 12.2. The summed E-state index contributed by atoms with van der Waals surface area (Å²) in [5, 5.41) is 0. The monoisotopic (exact) mass is 237 g/mol. The molecule has 1 aromatic carbocycles. The fraction of sp³-hybridized carbons (Fsp3) is 0.538. The Morgan fingerprint density at radius 3 is 2.76 bits per heavy atom. The zero-order valence-electron chi connectivity index (χ0n) is 10.1. The molecule has 0 unspecified atom stereocenters. The lowest BCUT2D eigenvalue weighted by molar-refractivity contribution is 0.111. The van der Waals surface area contributed by atoms with Crippen molar-refractivity contribution >= 4 is 0 Å². The molecule has 94 valence electrons. The van der Waals surface area contributed by atoms with Crippen LogP contribution < -0.4 is 15.4 Å². The normalized spacial score (nSPS) is 15.4. The van der Waals surface area contributed by atoms with Crippen LogP contribution >= 0.6 is 0 Å². The molecule has 1 fully saturated rings. The van der Waals surface area contributed by atoms with E-state index in [1.54, 1.807) is 7.11 Å². The van der Waals surface area contributed by atoms with Crippen molar-refractivity contribution < 1.29 is 14.3 Å². The van der Waals surface area contributed by atoms with Crippen molar-refractivity contribution in [3.63, 3.8) is 0 Å². The van der Waals surface area contributed by atoms with E-state index in [9.17, 15) is 0 Å². The molecule has 4 nitrogen and oxygen atoms in total. The van der Waals surface area contributed by atoms with Gasteiger partial charge in [0.2, 0.25) is 0 Å². The lowest BCUT2D eigenvalue weighted by Gasteiger charge is -2.28. The van der Waals surface area contributed by atoms with Crippen LogP contribution in [0.1, 0.15) is 24.8 Å². The molecule has 4 heteroatoms. The van der Waals surface area contributed by atoms with E-state index in [0.29, 0.717) is 12.7 Å². The Balaban J connectivity index is 2.16. The Hall–Kier alpha value is -1.26. The van der Waals surface area contributed by atoms with E-state index in [4.69, 9.17) is 15.4 Å². The van der Waals surface area contributed by atoms with Gasteiger partial charge in [0.25, 0.3) is 0 Å². The molecule has 1 aromatic rings. The van der Waals surface area contributed by atoms with E-state index in [2.05, 4.69) is 4.84 Å². The summed E-state index contributed by atoms with van der Waals surface area (Å²) in [4.78, 5) is 4.62. The number of ether oxygens (including phenoxy) is 2. The number of benzene rings is 1. The number of hydrogen-bond acceptors (Lipinski definition) is 4. The smallest absolute Gasteiger partial charge is 0.164 e. The second kappa shape index (κ2) is 5.89. The molecule has 2 N–H and O–H groups in total. The van der Waals surface area contributed by atoms with Crippen LogP contribution in [0.15, 0.2) is 18.2 Å². The molecule has 0 aromatic heterocycles. The van der Waals surface area contributed by atoms with Crippen molar-refractivity contribution in [1.29, 1.82) is 0 Å². The van der Waals surface area contributed by atoms with E-state index in [1.165, 1.54) is 6.42 Å². The summed E-state index contributed by atoms with van der Waals surface area (Å²) in [7, 11) is 1.66. The van der Waals surface area contributed by atoms with Gasteiger partial charge in [-0.25, -0.2) is 5.90 Å². The van der Waals surface area contributed by atoms with E-state index in [-0.39, 0.29) is 0 Å². The van der Waals surface area contributed by atoms with E-state index in [0.717, 1.165) is 36.3 Å². The Labute approximate surface area is 102 Å². The minimum absolute atomic E-state index is 0.337. The number of nitrogens with two attached hydrogens (primary N) is 1. The summed E-state index contributed by atoms with van der Waals surface area (Å²) < 4.78 is 11.3. The molecule has 1 aliphatic carbocycles. The molecule has 2 rings (SSSR count). The van der Waals surface area contributed by atoms with Gasteiger partial charge < -0.3 is 14.3 Å². The highest BCUT2D eigenvalue weighted by molar-refractivity contribution is 5.47. The van der Waals surface area contributed by atoms with Gasteiger partial charge in [-0.05, 0) is 25.3 Å². The van der Waals surface area contributed by atoms with Crippen molar-refractivity contribution in [2.75, 3.05) is 13.7 Å². The molecule has 17 heavy (non-hydrogen) atoms. The summed E-state index contributed by atoms with van der Waals surface area (Å²) in [6.07, 6.45) is 4.58. The maximum absolute atomic E-state index is 5.98. The van der Waals surface area contributed by atoms with Crippen LogP contribution in [0.3, 0.4) is 0 Å². The topological polar surface area (TPSA) is 53.7 Å². The average molecular weight is 237 g/mol. The van der Waals surface area contributed by atoms with E-state index >= 15 is 0 Å². The molecular weight excluding hydrogens is 218 g/mol. The molecule has 0 saturated heterocycles. The van der Waals surface area contributed by atoms with Gasteiger partial charge in [-0.2, -0.15) is 0 Å². The standard InChI is InChI=1S/C13H19NO3/c1-15-12-7-2-4-10(8-9-16-14)13(12)17-11-5-3-6-11/h2,4,7,11H,3,5-6,8-9,14H2,1H3. The minimum Gasteiger partial charge on any atom is -0.493 e. The Morgan fingerprint density at radius 1 is 1.35 bits per heavy atom. The first-order chi connectivity index (χ1) is 8.35. The van der Waals surface area contributed by atoms with Crippen LogP contribution in [0.2, 0.25) is 0 Å². The van der Waals surface area contributed by atoms with Gasteiger partial charge >= 0.3 is 0 Å². The third-order valence-corrected chi connectivity index (χ3v) is 3.11. The van der Waals surface area contributed by atoms with Crippen molar-refractivity contribution in [3.8, 4) is 11.5 Å². The molecule has 1 saturated carbocycles. The summed E-state index contributed by atoms with van der Waals surface area (Å²) in [6, 6.07) is 5.90. The van der Waals surface area contributed by atoms with Crippen molar-refractivity contribution in [2.45, 2.75) is 31.8 Å². The lowest BCUT2D eigenvalue weighted by atomic mass is 9.96. The second-order valence-corrected chi connectivity index (χ2v) is 4.24. The summed E-state index contributed by atoms with van der Waals surface area (Å²) in [5.41, 5.74) is 1.08. The summed E-state index contributed by atoms with van der Waals surface area (Å²) in [5.74, 6) is 6.69. The Morgan fingerprint density at radius 2 is 2.18 bits per heavy atom. The van der Waals surface area contributed by atoms with Crippen LogP contribution in [0.25, 0.3) is 0 Å². The fourth-order valence-corrected chi connectivity index (χ4v) is 1.88. The van der Waals surface area contributed by atoms with Crippen molar-refractivity contribution in [2.24, 2.45) is 5.90 Å². The number of hydrogen-bond donors (Lipinski definition) is 1. The van der Waals surface area contributed by atoms with Gasteiger partial charge in [-0.15, -0.1) is 0 Å². The Kier molecular flexibility index (Phi) is 4.23. The SMILES string of the molecule is COc1cccc(CCON)c1OC1CCC1. The average Bonchev–Trinajstić information content (AvgIpc) is 2.31. The molecule has 0 radical (unpaired) electrons. The van der Waals surface area contributed by atoms with Gasteiger partial charge in [0.1, 0.15) is 0 Å². The van der Waals surface area contributed by atoms with Crippen LogP contribution in [-0.2, 0) is 11.3 Å². The lowest BCUT2D eigenvalue weighted by Crippen LogP contribution is -2.25. The molecule has 0 bridgehead atoms. The Bertz CT molecular complexity index is 364. The van der Waals surface area contributed by atoms with E-state index in [1.807, 2.05) is 18.2 Å². The first-order valence-electron chi connectivity index (χ1n) is 5.99. The largest absolute Gasteiger partial charge is 0.493 e. The maximum atomic E-state index is 5.98. The third-order valence-electron chi connectivity index (χ3n) is 3.11. The summed E-state index contributed by atoms with van der Waals surface area (Å²) >= 11 is 0. The predicted molar refractivity (Wildman–Crippen MR) is 65.1 cm³/mol. The molecule has 1 aliphatic rings. The molecule has 0 spiro atoms. The molecule has 0 amide bonds. The molecule has 0 heterocycles. The van der Waals surface area contributed by atoms with Crippen LogP contribution in [0.4, 0.5) is 0 Å². The van der Waals surface area contributed by atoms with Crippen LogP contribution in [-0.4, -0.2) is 19.8 Å². The van der Waals surface area contributed by atoms with Crippen molar-refractivity contribution in [3.05, 3.63) is 23.8 Å². The fourth-order valence-electron chi connectivity index (χ4n) is 1.88. The number of para-hydroxylation sites is 1. The molecule has 0 atom stereocenters. The highest BCUT2D eigenvalue weighted by Gasteiger charge is 2.22. The van der Waals surface area contributed by atoms with Gasteiger partial charge in [-0.1, -0.05) is 12.1 Å². The van der Waals surface area contributed by atoms with Gasteiger partial charge in [0, 0.05) is 12.0 Å². The van der Waals surface area contributed by atoms with E-state index < -0.39 is 0 Å². The predicted octanol–water partition coefficient (Wildman–Crippen LogP) is 2.06. The van der Waals surface area contributed by atoms with Gasteiger partial charge in [0.15, 0.2) is 11.5 Å². The third kappa shape index (κ3) is 2.90. The maximum Gasteiger partial charge on any atom is 0.164 e. The zero-order chi connectivity index (χ0) is 12.1. The zero-order valence-corrected chi connectivity index (χ0v) is 10.1.